The lowest BCUT2D eigenvalue weighted by atomic mass is 10.0. The Morgan fingerprint density at radius 1 is 1.20 bits per heavy atom. The Bertz CT molecular complexity index is 657. The van der Waals surface area contributed by atoms with Gasteiger partial charge in [0.1, 0.15) is 11.9 Å². The summed E-state index contributed by atoms with van der Waals surface area (Å²) in [5.74, 6) is 0.503. The van der Waals surface area contributed by atoms with Crippen molar-refractivity contribution in [3.63, 3.8) is 0 Å². The minimum atomic E-state index is -4.33. The van der Waals surface area contributed by atoms with Crippen molar-refractivity contribution in [3.05, 3.63) is 57.8 Å². The molecule has 0 fully saturated rings. The second kappa shape index (κ2) is 4.77. The number of ether oxygens (including phenoxy) is 1. The van der Waals surface area contributed by atoms with Crippen LogP contribution in [0.2, 0.25) is 0 Å². The molecule has 1 unspecified atom stereocenters. The summed E-state index contributed by atoms with van der Waals surface area (Å²) in [6.45, 7) is 0. The fourth-order valence-electron chi connectivity index (χ4n) is 2.22. The molecule has 20 heavy (non-hydrogen) atoms. The lowest BCUT2D eigenvalue weighted by Gasteiger charge is -2.10. The number of fused-ring (bicyclic) bond motifs is 1. The number of pyridine rings is 1. The van der Waals surface area contributed by atoms with E-state index in [4.69, 9.17) is 4.74 Å². The molecule has 2 nitrogen and oxygen atoms in total. The molecular weight excluding hydrogens is 335 g/mol. The Kier molecular flexibility index (Phi) is 3.20. The van der Waals surface area contributed by atoms with E-state index in [0.29, 0.717) is 17.7 Å². The van der Waals surface area contributed by atoms with Crippen LogP contribution >= 0.6 is 15.9 Å². The quantitative estimate of drug-likeness (QED) is 0.758. The van der Waals surface area contributed by atoms with Crippen LogP contribution in [0.3, 0.4) is 0 Å². The maximum Gasteiger partial charge on any atom is 0.416 e. The molecule has 0 N–H and O–H groups in total. The van der Waals surface area contributed by atoms with Gasteiger partial charge in [-0.15, -0.1) is 0 Å². The smallest absolute Gasteiger partial charge is 0.416 e. The Morgan fingerprint density at radius 2 is 2.00 bits per heavy atom. The predicted octanol–water partition coefficient (Wildman–Crippen LogP) is 4.54. The Hall–Kier alpha value is -1.56. The molecular formula is C14H9BrF3NO. The zero-order valence-electron chi connectivity index (χ0n) is 10.1. The fraction of sp³-hybridized carbons (Fsp3) is 0.214. The van der Waals surface area contributed by atoms with Gasteiger partial charge < -0.3 is 4.74 Å². The highest BCUT2D eigenvalue weighted by atomic mass is 79.9. The summed E-state index contributed by atoms with van der Waals surface area (Å²) >= 11 is 3.32. The molecule has 0 spiro atoms. The average molecular weight is 344 g/mol. The van der Waals surface area contributed by atoms with Crippen LogP contribution in [0.5, 0.6) is 5.75 Å². The molecule has 0 bridgehead atoms. The van der Waals surface area contributed by atoms with Gasteiger partial charge in [0.05, 0.1) is 5.56 Å². The standard InChI is InChI=1S/C14H9BrF3NO/c15-11-4-9(6-19-7-11)13-5-8-3-10(14(16,17)18)1-2-12(8)20-13/h1-4,6-7,13H,5H2. The van der Waals surface area contributed by atoms with Crippen molar-refractivity contribution in [3.8, 4) is 5.75 Å². The van der Waals surface area contributed by atoms with Crippen molar-refractivity contribution < 1.29 is 17.9 Å². The van der Waals surface area contributed by atoms with Gasteiger partial charge in [0.2, 0.25) is 0 Å². The van der Waals surface area contributed by atoms with Crippen LogP contribution in [0.15, 0.2) is 41.1 Å². The molecule has 1 aliphatic heterocycles. The summed E-state index contributed by atoms with van der Waals surface area (Å²) in [6.07, 6.45) is -0.903. The first kappa shape index (κ1) is 13.4. The summed E-state index contributed by atoms with van der Waals surface area (Å²) < 4.78 is 44.5. The van der Waals surface area contributed by atoms with E-state index < -0.39 is 11.7 Å². The van der Waals surface area contributed by atoms with Gasteiger partial charge in [0, 0.05) is 28.9 Å². The van der Waals surface area contributed by atoms with E-state index in [2.05, 4.69) is 20.9 Å². The van der Waals surface area contributed by atoms with Gasteiger partial charge in [-0.3, -0.25) is 4.98 Å². The normalized spacial score (nSPS) is 17.7. The molecule has 0 aliphatic carbocycles. The summed E-state index contributed by atoms with van der Waals surface area (Å²) in [5.41, 5.74) is 0.766. The van der Waals surface area contributed by atoms with Crippen LogP contribution in [-0.4, -0.2) is 4.98 Å². The summed E-state index contributed by atoms with van der Waals surface area (Å²) in [7, 11) is 0. The third-order valence-electron chi connectivity index (χ3n) is 3.16. The molecule has 0 saturated carbocycles. The number of alkyl halides is 3. The third-order valence-corrected chi connectivity index (χ3v) is 3.59. The Balaban J connectivity index is 1.89. The topological polar surface area (TPSA) is 22.1 Å². The monoisotopic (exact) mass is 343 g/mol. The molecule has 2 aromatic rings. The number of benzene rings is 1. The maximum absolute atomic E-state index is 12.7. The molecule has 1 aromatic carbocycles. The van der Waals surface area contributed by atoms with E-state index in [9.17, 15) is 13.2 Å². The molecule has 3 rings (SSSR count). The van der Waals surface area contributed by atoms with Crippen molar-refractivity contribution in [1.82, 2.24) is 4.98 Å². The maximum atomic E-state index is 12.7. The van der Waals surface area contributed by atoms with Gasteiger partial charge >= 0.3 is 6.18 Å². The predicted molar refractivity (Wildman–Crippen MR) is 70.5 cm³/mol. The van der Waals surface area contributed by atoms with Crippen molar-refractivity contribution >= 4 is 15.9 Å². The van der Waals surface area contributed by atoms with Gasteiger partial charge in [-0.1, -0.05) is 0 Å². The minimum absolute atomic E-state index is 0.293. The largest absolute Gasteiger partial charge is 0.485 e. The first-order chi connectivity index (χ1) is 9.43. The molecule has 0 amide bonds. The van der Waals surface area contributed by atoms with Crippen molar-refractivity contribution in [2.75, 3.05) is 0 Å². The first-order valence-electron chi connectivity index (χ1n) is 5.91. The number of nitrogens with zero attached hydrogens (tertiary/aromatic N) is 1. The highest BCUT2D eigenvalue weighted by Crippen LogP contribution is 2.40. The third kappa shape index (κ3) is 2.52. The molecule has 2 heterocycles. The van der Waals surface area contributed by atoms with E-state index >= 15 is 0 Å². The number of hydrogen-bond donors (Lipinski definition) is 0. The van der Waals surface area contributed by atoms with Gasteiger partial charge in [-0.2, -0.15) is 13.2 Å². The van der Waals surface area contributed by atoms with Gasteiger partial charge in [-0.05, 0) is 45.8 Å². The van der Waals surface area contributed by atoms with E-state index in [1.165, 1.54) is 6.07 Å². The molecule has 1 atom stereocenters. The number of rotatable bonds is 1. The average Bonchev–Trinajstić information content (AvgIpc) is 2.80. The first-order valence-corrected chi connectivity index (χ1v) is 6.70. The van der Waals surface area contributed by atoms with Crippen LogP contribution in [0.4, 0.5) is 13.2 Å². The van der Waals surface area contributed by atoms with Crippen LogP contribution in [-0.2, 0) is 12.6 Å². The molecule has 0 saturated heterocycles. The number of hydrogen-bond acceptors (Lipinski definition) is 2. The summed E-state index contributed by atoms with van der Waals surface area (Å²) in [5, 5.41) is 0. The molecule has 1 aliphatic rings. The second-order valence-corrected chi connectivity index (χ2v) is 5.48. The summed E-state index contributed by atoms with van der Waals surface area (Å²) in [6, 6.07) is 5.43. The van der Waals surface area contributed by atoms with E-state index in [-0.39, 0.29) is 6.10 Å². The van der Waals surface area contributed by atoms with E-state index in [1.54, 1.807) is 12.4 Å². The lowest BCUT2D eigenvalue weighted by Crippen LogP contribution is -2.04. The van der Waals surface area contributed by atoms with Crippen LogP contribution in [0, 0.1) is 0 Å². The highest BCUT2D eigenvalue weighted by Gasteiger charge is 2.33. The van der Waals surface area contributed by atoms with Gasteiger partial charge in [0.15, 0.2) is 0 Å². The second-order valence-electron chi connectivity index (χ2n) is 4.57. The highest BCUT2D eigenvalue weighted by molar-refractivity contribution is 9.10. The fourth-order valence-corrected chi connectivity index (χ4v) is 2.60. The van der Waals surface area contributed by atoms with Gasteiger partial charge in [0.25, 0.3) is 0 Å². The number of halogens is 4. The lowest BCUT2D eigenvalue weighted by molar-refractivity contribution is -0.137. The van der Waals surface area contributed by atoms with Crippen LogP contribution in [0.25, 0.3) is 0 Å². The van der Waals surface area contributed by atoms with E-state index in [0.717, 1.165) is 22.2 Å². The van der Waals surface area contributed by atoms with Gasteiger partial charge in [-0.25, -0.2) is 0 Å². The molecule has 104 valence electrons. The van der Waals surface area contributed by atoms with E-state index in [1.807, 2.05) is 6.07 Å². The van der Waals surface area contributed by atoms with Crippen LogP contribution in [0.1, 0.15) is 22.8 Å². The Labute approximate surface area is 121 Å². The number of aromatic nitrogens is 1. The SMILES string of the molecule is FC(F)(F)c1ccc2c(c1)CC(c1cncc(Br)c1)O2. The van der Waals surface area contributed by atoms with Crippen LogP contribution < -0.4 is 4.74 Å². The Morgan fingerprint density at radius 3 is 2.70 bits per heavy atom. The summed E-state index contributed by atoms with van der Waals surface area (Å²) in [4.78, 5) is 4.04. The molecule has 0 radical (unpaired) electrons. The van der Waals surface area contributed by atoms with Crippen molar-refractivity contribution in [2.45, 2.75) is 18.7 Å². The van der Waals surface area contributed by atoms with Crippen molar-refractivity contribution in [2.24, 2.45) is 0 Å². The zero-order valence-corrected chi connectivity index (χ0v) is 11.7. The van der Waals surface area contributed by atoms with Crippen molar-refractivity contribution in [1.29, 1.82) is 0 Å². The zero-order chi connectivity index (χ0) is 14.3. The minimum Gasteiger partial charge on any atom is -0.485 e. The molecule has 1 aromatic heterocycles. The molecule has 6 heteroatoms.